The third-order valence-electron chi connectivity index (χ3n) is 2.48. The lowest BCUT2D eigenvalue weighted by molar-refractivity contribution is 0.328. The molecule has 0 bridgehead atoms. The lowest BCUT2D eigenvalue weighted by Crippen LogP contribution is -1.97. The maximum atomic E-state index is 5.69. The molecule has 0 unspecified atom stereocenters. The second kappa shape index (κ2) is 5.77. The molecule has 0 aromatic heterocycles. The Kier molecular flexibility index (Phi) is 3.83. The molecule has 0 saturated heterocycles. The predicted octanol–water partition coefficient (Wildman–Crippen LogP) is 3.76. The van der Waals surface area contributed by atoms with Gasteiger partial charge >= 0.3 is 0 Å². The van der Waals surface area contributed by atoms with Crippen LogP contribution in [0.25, 0.3) is 11.1 Å². The van der Waals surface area contributed by atoms with Crippen LogP contribution in [0, 0.1) is 12.3 Å². The molecule has 2 aromatic rings. The Hall–Kier alpha value is -2.20. The first-order valence-corrected chi connectivity index (χ1v) is 5.62. The van der Waals surface area contributed by atoms with E-state index in [2.05, 4.69) is 24.1 Å². The molecule has 0 aliphatic rings. The molecule has 0 N–H and O–H groups in total. The smallest absolute Gasteiger partial charge is 0.127 e. The van der Waals surface area contributed by atoms with Crippen molar-refractivity contribution in [3.05, 3.63) is 54.6 Å². The van der Waals surface area contributed by atoms with Crippen molar-refractivity contribution >= 4 is 0 Å². The van der Waals surface area contributed by atoms with Gasteiger partial charge in [-0.05, 0) is 11.6 Å². The van der Waals surface area contributed by atoms with Crippen LogP contribution in [0.1, 0.15) is 6.42 Å². The van der Waals surface area contributed by atoms with Gasteiger partial charge in [0.2, 0.25) is 0 Å². The van der Waals surface area contributed by atoms with Crippen molar-refractivity contribution in [1.29, 1.82) is 0 Å². The van der Waals surface area contributed by atoms with E-state index in [4.69, 9.17) is 11.2 Å². The number of benzene rings is 2. The van der Waals surface area contributed by atoms with Crippen molar-refractivity contribution < 1.29 is 4.74 Å². The van der Waals surface area contributed by atoms with Gasteiger partial charge < -0.3 is 4.74 Å². The lowest BCUT2D eigenvalue weighted by atomic mass is 10.1. The first-order valence-electron chi connectivity index (χ1n) is 5.62. The summed E-state index contributed by atoms with van der Waals surface area (Å²) in [5.41, 5.74) is 2.26. The SMILES string of the molecule is C#CCCOc1ccccc1-c1ccccc1. The zero-order valence-corrected chi connectivity index (χ0v) is 9.60. The standard InChI is InChI=1S/C16H14O/c1-2-3-13-17-16-12-8-7-11-15(16)14-9-5-4-6-10-14/h1,4-12H,3,13H2. The Morgan fingerprint density at radius 2 is 1.65 bits per heavy atom. The van der Waals surface area contributed by atoms with E-state index in [0.717, 1.165) is 16.9 Å². The summed E-state index contributed by atoms with van der Waals surface area (Å²) in [4.78, 5) is 0. The average molecular weight is 222 g/mol. The van der Waals surface area contributed by atoms with Gasteiger partial charge in [0.15, 0.2) is 0 Å². The van der Waals surface area contributed by atoms with Gasteiger partial charge in [0.1, 0.15) is 5.75 Å². The minimum absolute atomic E-state index is 0.556. The van der Waals surface area contributed by atoms with E-state index in [1.165, 1.54) is 0 Å². The molecule has 0 atom stereocenters. The largest absolute Gasteiger partial charge is 0.492 e. The van der Waals surface area contributed by atoms with Crippen LogP contribution in [0.5, 0.6) is 5.75 Å². The highest BCUT2D eigenvalue weighted by molar-refractivity contribution is 5.70. The number of ether oxygens (including phenoxy) is 1. The van der Waals surface area contributed by atoms with Crippen LogP contribution in [0.2, 0.25) is 0 Å². The highest BCUT2D eigenvalue weighted by atomic mass is 16.5. The zero-order chi connectivity index (χ0) is 11.9. The second-order valence-corrected chi connectivity index (χ2v) is 3.66. The number of rotatable bonds is 4. The summed E-state index contributed by atoms with van der Waals surface area (Å²) in [6.45, 7) is 0.556. The Balaban J connectivity index is 2.25. The van der Waals surface area contributed by atoms with E-state index in [9.17, 15) is 0 Å². The summed E-state index contributed by atoms with van der Waals surface area (Å²) in [6.07, 6.45) is 5.84. The first kappa shape index (κ1) is 11.3. The highest BCUT2D eigenvalue weighted by Gasteiger charge is 2.04. The van der Waals surface area contributed by atoms with Crippen molar-refractivity contribution in [3.8, 4) is 29.2 Å². The molecule has 1 nitrogen and oxygen atoms in total. The van der Waals surface area contributed by atoms with Gasteiger partial charge in [-0.2, -0.15) is 0 Å². The molecule has 0 radical (unpaired) electrons. The minimum atomic E-state index is 0.556. The van der Waals surface area contributed by atoms with Crippen LogP contribution in [0.15, 0.2) is 54.6 Å². The maximum Gasteiger partial charge on any atom is 0.127 e. The molecule has 0 aliphatic heterocycles. The summed E-state index contributed by atoms with van der Waals surface area (Å²) < 4.78 is 5.69. The summed E-state index contributed by atoms with van der Waals surface area (Å²) in [6, 6.07) is 18.2. The molecule has 84 valence electrons. The minimum Gasteiger partial charge on any atom is -0.492 e. The van der Waals surface area contributed by atoms with E-state index in [1.807, 2.05) is 36.4 Å². The molecule has 0 heterocycles. The summed E-state index contributed by atoms with van der Waals surface area (Å²) in [5.74, 6) is 3.46. The topological polar surface area (TPSA) is 9.23 Å². The molecule has 0 aliphatic carbocycles. The predicted molar refractivity (Wildman–Crippen MR) is 70.8 cm³/mol. The van der Waals surface area contributed by atoms with Gasteiger partial charge in [0, 0.05) is 12.0 Å². The first-order chi connectivity index (χ1) is 8.42. The van der Waals surface area contributed by atoms with Crippen LogP contribution in [0.3, 0.4) is 0 Å². The highest BCUT2D eigenvalue weighted by Crippen LogP contribution is 2.29. The van der Waals surface area contributed by atoms with Gasteiger partial charge in [-0.3, -0.25) is 0 Å². The molecule has 0 saturated carbocycles. The quantitative estimate of drug-likeness (QED) is 0.565. The van der Waals surface area contributed by atoms with Crippen LogP contribution < -0.4 is 4.74 Å². The van der Waals surface area contributed by atoms with Crippen LogP contribution in [-0.4, -0.2) is 6.61 Å². The molecule has 0 spiro atoms. The molecule has 2 aromatic carbocycles. The number of terminal acetylenes is 1. The average Bonchev–Trinajstić information content (AvgIpc) is 2.41. The molecule has 0 fully saturated rings. The van der Waals surface area contributed by atoms with Crippen LogP contribution in [-0.2, 0) is 0 Å². The fourth-order valence-corrected chi connectivity index (χ4v) is 1.67. The van der Waals surface area contributed by atoms with E-state index < -0.39 is 0 Å². The Bertz CT molecular complexity index is 509. The maximum absolute atomic E-state index is 5.69. The van der Waals surface area contributed by atoms with Gasteiger partial charge in [0.25, 0.3) is 0 Å². The number of para-hydroxylation sites is 1. The normalized spacial score (nSPS) is 9.59. The number of hydrogen-bond donors (Lipinski definition) is 0. The Labute approximate surface area is 102 Å². The Morgan fingerprint density at radius 3 is 2.41 bits per heavy atom. The van der Waals surface area contributed by atoms with Crippen molar-refractivity contribution in [2.75, 3.05) is 6.61 Å². The molecule has 2 rings (SSSR count). The van der Waals surface area contributed by atoms with Gasteiger partial charge in [-0.15, -0.1) is 12.3 Å². The molecular weight excluding hydrogens is 208 g/mol. The van der Waals surface area contributed by atoms with Gasteiger partial charge in [0.05, 0.1) is 6.61 Å². The van der Waals surface area contributed by atoms with Crippen molar-refractivity contribution in [3.63, 3.8) is 0 Å². The van der Waals surface area contributed by atoms with Crippen molar-refractivity contribution in [2.45, 2.75) is 6.42 Å². The molecule has 17 heavy (non-hydrogen) atoms. The van der Waals surface area contributed by atoms with Crippen LogP contribution >= 0.6 is 0 Å². The molecular formula is C16H14O. The summed E-state index contributed by atoms with van der Waals surface area (Å²) in [5, 5.41) is 0. The van der Waals surface area contributed by atoms with Crippen molar-refractivity contribution in [2.24, 2.45) is 0 Å². The second-order valence-electron chi connectivity index (χ2n) is 3.66. The van der Waals surface area contributed by atoms with Gasteiger partial charge in [-0.25, -0.2) is 0 Å². The summed E-state index contributed by atoms with van der Waals surface area (Å²) >= 11 is 0. The van der Waals surface area contributed by atoms with E-state index in [0.29, 0.717) is 13.0 Å². The lowest BCUT2D eigenvalue weighted by Gasteiger charge is -2.10. The number of hydrogen-bond acceptors (Lipinski definition) is 1. The zero-order valence-electron chi connectivity index (χ0n) is 9.60. The molecule has 1 heteroatoms. The fourth-order valence-electron chi connectivity index (χ4n) is 1.67. The molecule has 0 amide bonds. The monoisotopic (exact) mass is 222 g/mol. The van der Waals surface area contributed by atoms with Gasteiger partial charge in [-0.1, -0.05) is 48.5 Å². The van der Waals surface area contributed by atoms with Crippen molar-refractivity contribution in [1.82, 2.24) is 0 Å². The third kappa shape index (κ3) is 2.89. The fraction of sp³-hybridized carbons (Fsp3) is 0.125. The van der Waals surface area contributed by atoms with E-state index >= 15 is 0 Å². The van der Waals surface area contributed by atoms with E-state index in [1.54, 1.807) is 0 Å². The Morgan fingerprint density at radius 1 is 0.941 bits per heavy atom. The third-order valence-corrected chi connectivity index (χ3v) is 2.48. The van der Waals surface area contributed by atoms with E-state index in [-0.39, 0.29) is 0 Å². The van der Waals surface area contributed by atoms with Crippen LogP contribution in [0.4, 0.5) is 0 Å². The summed E-state index contributed by atoms with van der Waals surface area (Å²) in [7, 11) is 0.